The number of nitrogens with zero attached hydrogens (tertiary/aromatic N) is 1. The summed E-state index contributed by atoms with van der Waals surface area (Å²) in [5.41, 5.74) is 2.03. The third kappa shape index (κ3) is 3.80. The van der Waals surface area contributed by atoms with Gasteiger partial charge in [0.2, 0.25) is 0 Å². The monoisotopic (exact) mass is 441 g/mol. The molecule has 3 saturated carbocycles. The number of oxime groups is 1. The topological polar surface area (TPSA) is 49.7 Å². The lowest BCUT2D eigenvalue weighted by Gasteiger charge is -2.58. The van der Waals surface area contributed by atoms with E-state index in [1.54, 1.807) is 0 Å². The molecule has 0 aromatic carbocycles. The molecule has 0 radical (unpaired) electrons. The minimum absolute atomic E-state index is 0.0230. The molecule has 0 amide bonds. The molecule has 0 aromatic rings. The van der Waals surface area contributed by atoms with Gasteiger partial charge in [-0.25, -0.2) is 0 Å². The summed E-state index contributed by atoms with van der Waals surface area (Å²) in [6.45, 7) is 14.6. The molecule has 4 rings (SSSR count). The number of Topliss-reactive ketones (excluding diaryl/α,β-unsaturated/α-hetero) is 1. The lowest BCUT2D eigenvalue weighted by atomic mass is 9.46. The van der Waals surface area contributed by atoms with E-state index in [2.05, 4.69) is 46.7 Å². The molecule has 0 spiro atoms. The lowest BCUT2D eigenvalue weighted by molar-refractivity contribution is -0.128. The van der Waals surface area contributed by atoms with E-state index in [-0.39, 0.29) is 5.41 Å². The zero-order chi connectivity index (χ0) is 23.3. The van der Waals surface area contributed by atoms with Crippen LogP contribution in [-0.4, -0.2) is 16.7 Å². The number of rotatable bonds is 6. The highest BCUT2D eigenvalue weighted by atomic mass is 16.4. The number of ketones is 1. The van der Waals surface area contributed by atoms with Crippen molar-refractivity contribution in [3.05, 3.63) is 11.6 Å². The van der Waals surface area contributed by atoms with Gasteiger partial charge in [0.05, 0.1) is 5.71 Å². The first kappa shape index (κ1) is 24.0. The van der Waals surface area contributed by atoms with Crippen LogP contribution in [0.1, 0.15) is 106 Å². The molecule has 180 valence electrons. The van der Waals surface area contributed by atoms with Gasteiger partial charge in [-0.1, -0.05) is 59.5 Å². The minimum Gasteiger partial charge on any atom is -0.411 e. The summed E-state index contributed by atoms with van der Waals surface area (Å²) in [5.74, 6) is 5.45. The van der Waals surface area contributed by atoms with Gasteiger partial charge in [-0.05, 0) is 103 Å². The van der Waals surface area contributed by atoms with Crippen LogP contribution in [0.4, 0.5) is 0 Å². The molecule has 0 saturated heterocycles. The molecular weight excluding hydrogens is 394 g/mol. The van der Waals surface area contributed by atoms with E-state index in [9.17, 15) is 10.0 Å². The van der Waals surface area contributed by atoms with Gasteiger partial charge in [-0.2, -0.15) is 0 Å². The molecule has 4 aliphatic rings. The Hall–Kier alpha value is -1.12. The molecule has 0 aliphatic heterocycles. The second-order valence-corrected chi connectivity index (χ2v) is 12.8. The van der Waals surface area contributed by atoms with Crippen molar-refractivity contribution in [3.8, 4) is 0 Å². The Morgan fingerprint density at radius 1 is 1.09 bits per heavy atom. The van der Waals surface area contributed by atoms with Crippen molar-refractivity contribution in [2.24, 2.45) is 57.4 Å². The zero-order valence-corrected chi connectivity index (χ0v) is 21.5. The van der Waals surface area contributed by atoms with Crippen LogP contribution in [0.3, 0.4) is 0 Å². The standard InChI is InChI=1S/C29H47NO2/c1-7-20(18(2)3)9-8-19(4)23-10-11-24-22-17-27(31)26-16-21(30-32)12-14-29(26,6)25(22)13-15-28(23,24)5/h16,18-20,22-25,32H,7-15,17H2,1-6H3/b30-21+/t19-,20?,22+,23-,24+,25+,28-,29-/m1/s1. The maximum Gasteiger partial charge on any atom is 0.159 e. The number of hydrogen-bond acceptors (Lipinski definition) is 3. The Morgan fingerprint density at radius 3 is 2.50 bits per heavy atom. The molecule has 3 heteroatoms. The highest BCUT2D eigenvalue weighted by Crippen LogP contribution is 2.67. The average Bonchev–Trinajstić information content (AvgIpc) is 3.11. The largest absolute Gasteiger partial charge is 0.411 e. The van der Waals surface area contributed by atoms with Gasteiger partial charge in [-0.3, -0.25) is 4.79 Å². The van der Waals surface area contributed by atoms with Gasteiger partial charge in [-0.15, -0.1) is 0 Å². The lowest BCUT2D eigenvalue weighted by Crippen LogP contribution is -2.53. The number of allylic oxidation sites excluding steroid dienone is 2. The fourth-order valence-electron chi connectivity index (χ4n) is 9.14. The fourth-order valence-corrected chi connectivity index (χ4v) is 9.14. The Morgan fingerprint density at radius 2 is 1.84 bits per heavy atom. The van der Waals surface area contributed by atoms with E-state index in [0.717, 1.165) is 48.5 Å². The maximum absolute atomic E-state index is 13.3. The summed E-state index contributed by atoms with van der Waals surface area (Å²) in [7, 11) is 0. The van der Waals surface area contributed by atoms with E-state index in [1.165, 1.54) is 44.9 Å². The summed E-state index contributed by atoms with van der Waals surface area (Å²) in [6, 6.07) is 0. The summed E-state index contributed by atoms with van der Waals surface area (Å²) in [4.78, 5) is 13.3. The van der Waals surface area contributed by atoms with Gasteiger partial charge in [0, 0.05) is 12.0 Å². The first-order valence-electron chi connectivity index (χ1n) is 13.6. The molecule has 0 bridgehead atoms. The molecule has 0 heterocycles. The van der Waals surface area contributed by atoms with E-state index in [1.807, 2.05) is 6.08 Å². The summed E-state index contributed by atoms with van der Waals surface area (Å²) in [5, 5.41) is 12.7. The zero-order valence-electron chi connectivity index (χ0n) is 21.5. The molecule has 1 N–H and O–H groups in total. The Labute approximate surface area is 196 Å². The van der Waals surface area contributed by atoms with Gasteiger partial charge in [0.25, 0.3) is 0 Å². The van der Waals surface area contributed by atoms with E-state index in [0.29, 0.717) is 34.7 Å². The molecule has 3 fully saturated rings. The van der Waals surface area contributed by atoms with Crippen molar-refractivity contribution in [1.29, 1.82) is 0 Å². The van der Waals surface area contributed by atoms with Crippen molar-refractivity contribution >= 4 is 11.5 Å². The third-order valence-electron chi connectivity index (χ3n) is 11.2. The van der Waals surface area contributed by atoms with Crippen LogP contribution in [0.5, 0.6) is 0 Å². The van der Waals surface area contributed by atoms with Crippen molar-refractivity contribution in [3.63, 3.8) is 0 Å². The average molecular weight is 442 g/mol. The quantitative estimate of drug-likeness (QED) is 0.339. The highest BCUT2D eigenvalue weighted by molar-refractivity contribution is 6.07. The Bertz CT molecular complexity index is 782. The predicted octanol–water partition coefficient (Wildman–Crippen LogP) is 7.67. The molecule has 8 atom stereocenters. The molecule has 4 aliphatic carbocycles. The van der Waals surface area contributed by atoms with Crippen LogP contribution in [0.15, 0.2) is 16.8 Å². The minimum atomic E-state index is -0.0230. The maximum atomic E-state index is 13.3. The van der Waals surface area contributed by atoms with Crippen molar-refractivity contribution < 1.29 is 10.0 Å². The Kier molecular flexibility index (Phi) is 6.69. The van der Waals surface area contributed by atoms with E-state index < -0.39 is 0 Å². The Balaban J connectivity index is 1.52. The molecular formula is C29H47NO2. The van der Waals surface area contributed by atoms with Gasteiger partial charge in [0.1, 0.15) is 0 Å². The second kappa shape index (κ2) is 8.91. The van der Waals surface area contributed by atoms with Gasteiger partial charge >= 0.3 is 0 Å². The summed E-state index contributed by atoms with van der Waals surface area (Å²) < 4.78 is 0. The SMILES string of the molecule is CCC(CC[C@@H](C)[C@H]1CC[C@H]2[C@@H]3CC(=O)C4=C/C(=N/O)CC[C@]4(C)[C@H]3CC[C@]12C)C(C)C. The van der Waals surface area contributed by atoms with E-state index in [4.69, 9.17) is 0 Å². The van der Waals surface area contributed by atoms with Crippen LogP contribution < -0.4 is 0 Å². The van der Waals surface area contributed by atoms with Crippen molar-refractivity contribution in [2.75, 3.05) is 0 Å². The van der Waals surface area contributed by atoms with Crippen molar-refractivity contribution in [1.82, 2.24) is 0 Å². The highest BCUT2D eigenvalue weighted by Gasteiger charge is 2.60. The van der Waals surface area contributed by atoms with Gasteiger partial charge < -0.3 is 5.21 Å². The van der Waals surface area contributed by atoms with Gasteiger partial charge in [0.15, 0.2) is 5.78 Å². The number of fused-ring (bicyclic) bond motifs is 5. The number of hydrogen-bond donors (Lipinski definition) is 1. The van der Waals surface area contributed by atoms with Crippen LogP contribution in [-0.2, 0) is 4.79 Å². The molecule has 3 nitrogen and oxygen atoms in total. The first-order chi connectivity index (χ1) is 15.2. The van der Waals surface area contributed by atoms with Crippen LogP contribution in [0.25, 0.3) is 0 Å². The first-order valence-corrected chi connectivity index (χ1v) is 13.6. The van der Waals surface area contributed by atoms with Crippen LogP contribution in [0.2, 0.25) is 0 Å². The van der Waals surface area contributed by atoms with Crippen molar-refractivity contribution in [2.45, 2.75) is 106 Å². The van der Waals surface area contributed by atoms with Crippen LogP contribution in [0, 0.1) is 52.3 Å². The van der Waals surface area contributed by atoms with E-state index >= 15 is 0 Å². The third-order valence-corrected chi connectivity index (χ3v) is 11.2. The molecule has 0 aromatic heterocycles. The summed E-state index contributed by atoms with van der Waals surface area (Å²) in [6.07, 6.45) is 13.7. The number of carbonyl (C=O) groups is 1. The normalized spacial score (nSPS) is 42.3. The molecule has 32 heavy (non-hydrogen) atoms. The fraction of sp³-hybridized carbons (Fsp3) is 0.862. The van der Waals surface area contributed by atoms with Crippen LogP contribution >= 0.6 is 0 Å². The number of carbonyl (C=O) groups excluding carboxylic acids is 1. The second-order valence-electron chi connectivity index (χ2n) is 12.8. The summed E-state index contributed by atoms with van der Waals surface area (Å²) >= 11 is 0. The smallest absolute Gasteiger partial charge is 0.159 e. The molecule has 1 unspecified atom stereocenters. The predicted molar refractivity (Wildman–Crippen MR) is 132 cm³/mol.